The quantitative estimate of drug-likeness (QED) is 0.282. The number of fused-ring (bicyclic) bond motifs is 2. The number of hydrogen-bond donors (Lipinski definition) is 0. The van der Waals surface area contributed by atoms with Crippen molar-refractivity contribution < 1.29 is 9.18 Å². The average Bonchev–Trinajstić information content (AvgIpc) is 3.50. The minimum absolute atomic E-state index is 0.0736. The van der Waals surface area contributed by atoms with Gasteiger partial charge in [-0.2, -0.15) is 5.10 Å². The van der Waals surface area contributed by atoms with Gasteiger partial charge in [-0.05, 0) is 72.7 Å². The second-order valence-corrected chi connectivity index (χ2v) is 10.8. The van der Waals surface area contributed by atoms with Gasteiger partial charge in [0.15, 0.2) is 0 Å². The molecule has 0 saturated heterocycles. The normalized spacial score (nSPS) is 19.9. The van der Waals surface area contributed by atoms with Crippen LogP contribution >= 0.6 is 0 Å². The Morgan fingerprint density at radius 1 is 1.00 bits per heavy atom. The molecule has 0 unspecified atom stereocenters. The lowest BCUT2D eigenvalue weighted by molar-refractivity contribution is -0.138. The van der Waals surface area contributed by atoms with E-state index in [1.807, 2.05) is 35.1 Å². The van der Waals surface area contributed by atoms with Crippen LogP contribution in [0.5, 0.6) is 0 Å². The SMILES string of the molecule is C[C@]12Cc3cnn(-c4ccc(F)cc4)c3C=C1CC[C@@H]2C(=O)N(CCc1ccccc1)Cc1ccccc1. The number of nitrogens with zero attached hydrogens (tertiary/aromatic N) is 3. The van der Waals surface area contributed by atoms with E-state index in [0.717, 1.165) is 48.2 Å². The molecule has 4 nitrogen and oxygen atoms in total. The molecule has 6 rings (SSSR count). The molecule has 0 aliphatic heterocycles. The van der Waals surface area contributed by atoms with Crippen molar-refractivity contribution >= 4 is 12.0 Å². The maximum Gasteiger partial charge on any atom is 0.226 e. The Bertz CT molecular complexity index is 1460. The Morgan fingerprint density at radius 2 is 1.68 bits per heavy atom. The van der Waals surface area contributed by atoms with E-state index in [0.29, 0.717) is 13.1 Å². The zero-order valence-electron chi connectivity index (χ0n) is 21.7. The molecule has 1 fully saturated rings. The van der Waals surface area contributed by atoms with Crippen molar-refractivity contribution in [2.45, 2.75) is 39.2 Å². The Morgan fingerprint density at radius 3 is 2.39 bits per heavy atom. The van der Waals surface area contributed by atoms with Crippen molar-refractivity contribution in [3.8, 4) is 5.69 Å². The van der Waals surface area contributed by atoms with E-state index >= 15 is 0 Å². The number of halogens is 1. The lowest BCUT2D eigenvalue weighted by Gasteiger charge is -2.37. The van der Waals surface area contributed by atoms with Crippen molar-refractivity contribution in [1.82, 2.24) is 14.7 Å². The second kappa shape index (κ2) is 10.1. The van der Waals surface area contributed by atoms with Gasteiger partial charge in [0.05, 0.1) is 17.6 Å². The number of rotatable bonds is 7. The molecule has 1 aromatic heterocycles. The third-order valence-corrected chi connectivity index (χ3v) is 8.37. The Balaban J connectivity index is 1.27. The Labute approximate surface area is 223 Å². The van der Waals surface area contributed by atoms with E-state index in [2.05, 4.69) is 59.4 Å². The van der Waals surface area contributed by atoms with Gasteiger partial charge in [-0.25, -0.2) is 9.07 Å². The van der Waals surface area contributed by atoms with Gasteiger partial charge >= 0.3 is 0 Å². The lowest BCUT2D eigenvalue weighted by Crippen LogP contribution is -2.43. The molecule has 0 radical (unpaired) electrons. The van der Waals surface area contributed by atoms with Crippen molar-refractivity contribution in [2.24, 2.45) is 11.3 Å². The highest BCUT2D eigenvalue weighted by Gasteiger charge is 2.49. The molecule has 0 N–H and O–H groups in total. The highest BCUT2D eigenvalue weighted by molar-refractivity contribution is 5.82. The van der Waals surface area contributed by atoms with Crippen LogP contribution in [0.3, 0.4) is 0 Å². The molecule has 5 heteroatoms. The summed E-state index contributed by atoms with van der Waals surface area (Å²) >= 11 is 0. The zero-order valence-corrected chi connectivity index (χ0v) is 21.7. The van der Waals surface area contributed by atoms with Gasteiger partial charge in [-0.15, -0.1) is 0 Å². The Hall–Kier alpha value is -3.99. The van der Waals surface area contributed by atoms with Crippen LogP contribution in [0.25, 0.3) is 11.8 Å². The topological polar surface area (TPSA) is 38.1 Å². The smallest absolute Gasteiger partial charge is 0.226 e. The van der Waals surface area contributed by atoms with Crippen molar-refractivity contribution in [3.63, 3.8) is 0 Å². The zero-order chi connectivity index (χ0) is 26.1. The molecule has 1 amide bonds. The van der Waals surface area contributed by atoms with Gasteiger partial charge < -0.3 is 4.90 Å². The summed E-state index contributed by atoms with van der Waals surface area (Å²) in [7, 11) is 0. The third kappa shape index (κ3) is 4.58. The third-order valence-electron chi connectivity index (χ3n) is 8.37. The molecule has 1 heterocycles. The second-order valence-electron chi connectivity index (χ2n) is 10.8. The molecule has 38 heavy (non-hydrogen) atoms. The largest absolute Gasteiger partial charge is 0.338 e. The number of aromatic nitrogens is 2. The number of amides is 1. The fourth-order valence-electron chi connectivity index (χ4n) is 6.23. The lowest BCUT2D eigenvalue weighted by atomic mass is 9.69. The highest BCUT2D eigenvalue weighted by Crippen LogP contribution is 2.53. The molecule has 2 aliphatic carbocycles. The molecule has 0 spiro atoms. The van der Waals surface area contributed by atoms with Gasteiger partial charge in [0, 0.05) is 24.4 Å². The maximum absolute atomic E-state index is 14.2. The summed E-state index contributed by atoms with van der Waals surface area (Å²) in [6.45, 7) is 3.56. The van der Waals surface area contributed by atoms with Gasteiger partial charge in [-0.3, -0.25) is 4.79 Å². The molecule has 4 aromatic rings. The van der Waals surface area contributed by atoms with Gasteiger partial charge in [-0.1, -0.05) is 73.2 Å². The van der Waals surface area contributed by atoms with Crippen LogP contribution < -0.4 is 0 Å². The summed E-state index contributed by atoms with van der Waals surface area (Å²) in [5.41, 5.74) is 6.50. The van der Waals surface area contributed by atoms with E-state index in [4.69, 9.17) is 0 Å². The van der Waals surface area contributed by atoms with Crippen molar-refractivity contribution in [1.29, 1.82) is 0 Å². The first-order chi connectivity index (χ1) is 18.5. The summed E-state index contributed by atoms with van der Waals surface area (Å²) in [6.07, 6.45) is 7.51. The van der Waals surface area contributed by atoms with Crippen LogP contribution in [0.15, 0.2) is 96.7 Å². The van der Waals surface area contributed by atoms with E-state index in [9.17, 15) is 9.18 Å². The minimum Gasteiger partial charge on any atom is -0.338 e. The molecule has 2 aliphatic rings. The van der Waals surface area contributed by atoms with Crippen LogP contribution in [0.4, 0.5) is 4.39 Å². The van der Waals surface area contributed by atoms with Crippen LogP contribution in [-0.4, -0.2) is 27.1 Å². The Kier molecular flexibility index (Phi) is 6.44. The average molecular weight is 506 g/mol. The molecule has 2 atom stereocenters. The van der Waals surface area contributed by atoms with E-state index < -0.39 is 0 Å². The van der Waals surface area contributed by atoms with Crippen LogP contribution in [0.2, 0.25) is 0 Å². The first kappa shape index (κ1) is 24.4. The molecule has 3 aromatic carbocycles. The standard InChI is InChI=1S/C33H32FN3O/c1-33-21-26-22-35-37(29-15-13-28(34)14-16-29)31(26)20-27(33)12-17-30(33)32(38)36(23-25-10-6-3-7-11-25)19-18-24-8-4-2-5-9-24/h2-11,13-16,20,22,30H,12,17-19,21,23H2,1H3/t30-,33+/m1/s1. The first-order valence-corrected chi connectivity index (χ1v) is 13.4. The van der Waals surface area contributed by atoms with Crippen LogP contribution in [0, 0.1) is 17.2 Å². The number of benzene rings is 3. The summed E-state index contributed by atoms with van der Waals surface area (Å²) in [5, 5.41) is 4.63. The van der Waals surface area contributed by atoms with Gasteiger partial charge in [0.1, 0.15) is 5.82 Å². The summed E-state index contributed by atoms with van der Waals surface area (Å²) in [6, 6.07) is 27.1. The summed E-state index contributed by atoms with van der Waals surface area (Å²) in [4.78, 5) is 16.3. The molecular weight excluding hydrogens is 473 g/mol. The van der Waals surface area contributed by atoms with Gasteiger partial charge in [0.25, 0.3) is 0 Å². The van der Waals surface area contributed by atoms with E-state index in [-0.39, 0.29) is 23.1 Å². The van der Waals surface area contributed by atoms with Crippen LogP contribution in [-0.2, 0) is 24.2 Å². The number of carbonyl (C=O) groups is 1. The number of carbonyl (C=O) groups excluding carboxylic acids is 1. The number of allylic oxidation sites excluding steroid dienone is 1. The summed E-state index contributed by atoms with van der Waals surface area (Å²) < 4.78 is 15.4. The van der Waals surface area contributed by atoms with E-state index in [1.165, 1.54) is 23.3 Å². The fraction of sp³-hybridized carbons (Fsp3) is 0.273. The highest BCUT2D eigenvalue weighted by atomic mass is 19.1. The number of hydrogen-bond acceptors (Lipinski definition) is 2. The summed E-state index contributed by atoms with van der Waals surface area (Å²) in [5.74, 6) is -0.0919. The van der Waals surface area contributed by atoms with Crippen molar-refractivity contribution in [2.75, 3.05) is 6.54 Å². The predicted octanol–water partition coefficient (Wildman–Crippen LogP) is 6.64. The van der Waals surface area contributed by atoms with Crippen LogP contribution in [0.1, 0.15) is 42.1 Å². The molecule has 0 bridgehead atoms. The van der Waals surface area contributed by atoms with Crippen molar-refractivity contribution in [3.05, 3.63) is 125 Å². The van der Waals surface area contributed by atoms with E-state index in [1.54, 1.807) is 12.1 Å². The maximum atomic E-state index is 14.2. The predicted molar refractivity (Wildman–Crippen MR) is 148 cm³/mol. The first-order valence-electron chi connectivity index (χ1n) is 13.4. The minimum atomic E-state index is -0.259. The molecule has 192 valence electrons. The fourth-order valence-corrected chi connectivity index (χ4v) is 6.23. The van der Waals surface area contributed by atoms with Gasteiger partial charge in [0.2, 0.25) is 5.91 Å². The molecular formula is C33H32FN3O. The monoisotopic (exact) mass is 505 g/mol. The molecule has 1 saturated carbocycles.